The maximum Gasteiger partial charge on any atom is 0.253 e. The molecule has 1 amide bonds. The second kappa shape index (κ2) is 9.57. The zero-order valence-electron chi connectivity index (χ0n) is 12.9. The number of anilines is 1. The van der Waals surface area contributed by atoms with E-state index in [1.165, 1.54) is 0 Å². The minimum absolute atomic E-state index is 0.193. The molecule has 0 saturated heterocycles. The van der Waals surface area contributed by atoms with Gasteiger partial charge in [-0.1, -0.05) is 72.7 Å². The van der Waals surface area contributed by atoms with E-state index in [4.69, 9.17) is 47.0 Å². The Morgan fingerprint density at radius 1 is 1.00 bits per heavy atom. The standard InChI is InChI=1S/C16H12Br2Cl3N3OS/c17-10-4-6-12(7-5-10)22-15(26)24-14(16(19,20)21)23-13(25)9-2-1-3-11(18)8-9/h1-8,14H,(H,23,25)(H2,22,24,26)/t14-/m0/s1. The first-order chi connectivity index (χ1) is 12.1. The van der Waals surface area contributed by atoms with Crippen molar-refractivity contribution in [1.82, 2.24) is 10.6 Å². The quantitative estimate of drug-likeness (QED) is 0.258. The monoisotopic (exact) mass is 557 g/mol. The number of alkyl halides is 3. The van der Waals surface area contributed by atoms with Gasteiger partial charge in [0, 0.05) is 20.2 Å². The number of amides is 1. The van der Waals surface area contributed by atoms with Crippen LogP contribution >= 0.6 is 78.9 Å². The molecule has 0 radical (unpaired) electrons. The van der Waals surface area contributed by atoms with Crippen LogP contribution in [-0.4, -0.2) is 21.0 Å². The lowest BCUT2D eigenvalue weighted by molar-refractivity contribution is 0.0934. The van der Waals surface area contributed by atoms with E-state index < -0.39 is 15.9 Å². The van der Waals surface area contributed by atoms with E-state index >= 15 is 0 Å². The number of halogens is 5. The van der Waals surface area contributed by atoms with Crippen LogP contribution in [0.2, 0.25) is 0 Å². The van der Waals surface area contributed by atoms with Crippen LogP contribution in [0.15, 0.2) is 57.5 Å². The maximum atomic E-state index is 12.4. The molecule has 0 aliphatic carbocycles. The molecular formula is C16H12Br2Cl3N3OS. The van der Waals surface area contributed by atoms with Crippen molar-refractivity contribution < 1.29 is 4.79 Å². The second-order valence-corrected chi connectivity index (χ2v) is 9.67. The molecule has 26 heavy (non-hydrogen) atoms. The fourth-order valence-electron chi connectivity index (χ4n) is 1.88. The Kier molecular flexibility index (Phi) is 8.00. The lowest BCUT2D eigenvalue weighted by Gasteiger charge is -2.27. The van der Waals surface area contributed by atoms with Crippen molar-refractivity contribution in [2.45, 2.75) is 9.96 Å². The van der Waals surface area contributed by atoms with Gasteiger partial charge in [-0.2, -0.15) is 0 Å². The second-order valence-electron chi connectivity index (χ2n) is 5.06. The van der Waals surface area contributed by atoms with Gasteiger partial charge in [0.05, 0.1) is 0 Å². The number of nitrogens with one attached hydrogen (secondary N) is 3. The first-order valence-electron chi connectivity index (χ1n) is 7.11. The van der Waals surface area contributed by atoms with Gasteiger partial charge in [-0.25, -0.2) is 0 Å². The SMILES string of the molecule is O=C(N[C@@H](NC(=S)Nc1ccc(Br)cc1)C(Cl)(Cl)Cl)c1cccc(Br)c1. The smallest absolute Gasteiger partial charge is 0.253 e. The third kappa shape index (κ3) is 6.87. The van der Waals surface area contributed by atoms with Crippen LogP contribution in [0, 0.1) is 0 Å². The minimum Gasteiger partial charge on any atom is -0.339 e. The van der Waals surface area contributed by atoms with Crippen LogP contribution in [-0.2, 0) is 0 Å². The zero-order chi connectivity index (χ0) is 19.3. The summed E-state index contributed by atoms with van der Waals surface area (Å²) in [6.45, 7) is 0. The maximum absolute atomic E-state index is 12.4. The minimum atomic E-state index is -1.83. The van der Waals surface area contributed by atoms with E-state index in [0.717, 1.165) is 14.6 Å². The third-order valence-corrected chi connectivity index (χ3v) is 4.96. The Morgan fingerprint density at radius 2 is 1.65 bits per heavy atom. The molecular weight excluding hydrogens is 548 g/mol. The van der Waals surface area contributed by atoms with Crippen LogP contribution in [0.3, 0.4) is 0 Å². The van der Waals surface area contributed by atoms with Crippen LogP contribution in [0.1, 0.15) is 10.4 Å². The predicted octanol–water partition coefficient (Wildman–Crippen LogP) is 5.62. The van der Waals surface area contributed by atoms with Gasteiger partial charge in [-0.15, -0.1) is 0 Å². The molecule has 0 bridgehead atoms. The van der Waals surface area contributed by atoms with E-state index in [-0.39, 0.29) is 5.11 Å². The summed E-state index contributed by atoms with van der Waals surface area (Å²) >= 11 is 29.8. The number of hydrogen-bond acceptors (Lipinski definition) is 2. The van der Waals surface area contributed by atoms with E-state index in [1.54, 1.807) is 24.3 Å². The fraction of sp³-hybridized carbons (Fsp3) is 0.125. The number of carbonyl (C=O) groups is 1. The number of hydrogen-bond donors (Lipinski definition) is 3. The summed E-state index contributed by atoms with van der Waals surface area (Å²) < 4.78 is -0.133. The highest BCUT2D eigenvalue weighted by Gasteiger charge is 2.34. The lowest BCUT2D eigenvalue weighted by Crippen LogP contribution is -2.56. The average molecular weight is 561 g/mol. The summed E-state index contributed by atoms with van der Waals surface area (Å²) in [6.07, 6.45) is -1.05. The molecule has 0 unspecified atom stereocenters. The van der Waals surface area contributed by atoms with E-state index in [2.05, 4.69) is 47.8 Å². The molecule has 2 aromatic rings. The summed E-state index contributed by atoms with van der Waals surface area (Å²) in [7, 11) is 0. The normalized spacial score (nSPS) is 12.2. The first kappa shape index (κ1) is 21.7. The highest BCUT2D eigenvalue weighted by Crippen LogP contribution is 2.29. The molecule has 2 rings (SSSR count). The van der Waals surface area contributed by atoms with E-state index in [1.807, 2.05) is 24.3 Å². The van der Waals surface area contributed by atoms with E-state index in [0.29, 0.717) is 5.56 Å². The Morgan fingerprint density at radius 3 is 2.23 bits per heavy atom. The fourth-order valence-corrected chi connectivity index (χ4v) is 3.10. The molecule has 2 aromatic carbocycles. The van der Waals surface area contributed by atoms with Gasteiger partial charge in [0.1, 0.15) is 6.17 Å². The highest BCUT2D eigenvalue weighted by atomic mass is 79.9. The number of benzene rings is 2. The molecule has 0 fully saturated rings. The van der Waals surface area contributed by atoms with Gasteiger partial charge in [-0.05, 0) is 54.7 Å². The Bertz CT molecular complexity index is 800. The largest absolute Gasteiger partial charge is 0.339 e. The van der Waals surface area contributed by atoms with Gasteiger partial charge in [0.15, 0.2) is 5.11 Å². The molecule has 10 heteroatoms. The van der Waals surface area contributed by atoms with Gasteiger partial charge in [0.2, 0.25) is 3.79 Å². The summed E-state index contributed by atoms with van der Waals surface area (Å²) in [5.41, 5.74) is 1.15. The summed E-state index contributed by atoms with van der Waals surface area (Å²) in [4.78, 5) is 12.4. The van der Waals surface area contributed by atoms with Crippen molar-refractivity contribution in [3.8, 4) is 0 Å². The van der Waals surface area contributed by atoms with Crippen LogP contribution in [0.4, 0.5) is 5.69 Å². The van der Waals surface area contributed by atoms with Gasteiger partial charge >= 0.3 is 0 Å². The summed E-state index contributed by atoms with van der Waals surface area (Å²) in [6, 6.07) is 14.2. The van der Waals surface area contributed by atoms with Crippen molar-refractivity contribution in [1.29, 1.82) is 0 Å². The lowest BCUT2D eigenvalue weighted by atomic mass is 10.2. The van der Waals surface area contributed by atoms with Crippen molar-refractivity contribution in [3.63, 3.8) is 0 Å². The number of carbonyl (C=O) groups excluding carboxylic acids is 1. The predicted molar refractivity (Wildman–Crippen MR) is 119 cm³/mol. The molecule has 0 saturated carbocycles. The van der Waals surface area contributed by atoms with Gasteiger partial charge < -0.3 is 16.0 Å². The average Bonchev–Trinajstić information content (AvgIpc) is 2.55. The summed E-state index contributed by atoms with van der Waals surface area (Å²) in [5.74, 6) is -0.415. The molecule has 138 valence electrons. The Balaban J connectivity index is 2.06. The molecule has 0 aromatic heterocycles. The van der Waals surface area contributed by atoms with Gasteiger partial charge in [-0.3, -0.25) is 4.79 Å². The summed E-state index contributed by atoms with van der Waals surface area (Å²) in [5, 5.41) is 8.58. The van der Waals surface area contributed by atoms with Crippen molar-refractivity contribution >= 4 is 95.6 Å². The molecule has 0 aliphatic rings. The van der Waals surface area contributed by atoms with Crippen molar-refractivity contribution in [3.05, 3.63) is 63.0 Å². The molecule has 0 aliphatic heterocycles. The van der Waals surface area contributed by atoms with Crippen molar-refractivity contribution in [2.24, 2.45) is 0 Å². The Hall–Kier alpha value is -0.570. The number of rotatable bonds is 4. The molecule has 0 spiro atoms. The topological polar surface area (TPSA) is 53.2 Å². The van der Waals surface area contributed by atoms with E-state index in [9.17, 15) is 4.79 Å². The van der Waals surface area contributed by atoms with Crippen LogP contribution in [0.25, 0.3) is 0 Å². The van der Waals surface area contributed by atoms with Crippen molar-refractivity contribution in [2.75, 3.05) is 5.32 Å². The number of thiocarbonyl (C=S) groups is 1. The molecule has 4 nitrogen and oxygen atoms in total. The van der Waals surface area contributed by atoms with Gasteiger partial charge in [0.25, 0.3) is 5.91 Å². The van der Waals surface area contributed by atoms with Crippen LogP contribution < -0.4 is 16.0 Å². The Labute approximate surface area is 188 Å². The molecule has 0 heterocycles. The highest BCUT2D eigenvalue weighted by molar-refractivity contribution is 9.10. The zero-order valence-corrected chi connectivity index (χ0v) is 19.2. The molecule has 3 N–H and O–H groups in total. The van der Waals surface area contributed by atoms with Crippen LogP contribution in [0.5, 0.6) is 0 Å². The molecule has 1 atom stereocenters. The third-order valence-electron chi connectivity index (χ3n) is 3.07. The first-order valence-corrected chi connectivity index (χ1v) is 10.2.